The summed E-state index contributed by atoms with van der Waals surface area (Å²) in [5.41, 5.74) is 2.92. The van der Waals surface area contributed by atoms with E-state index in [0.29, 0.717) is 11.3 Å². The van der Waals surface area contributed by atoms with Crippen molar-refractivity contribution in [1.82, 2.24) is 14.9 Å². The minimum Gasteiger partial charge on any atom is -0.372 e. The zero-order valence-corrected chi connectivity index (χ0v) is 21.9. The van der Waals surface area contributed by atoms with Crippen LogP contribution in [0.2, 0.25) is 0 Å². The molecule has 0 spiro atoms. The van der Waals surface area contributed by atoms with Crippen LogP contribution in [0.5, 0.6) is 0 Å². The lowest BCUT2D eigenvalue weighted by Crippen LogP contribution is -2.29. The number of carbonyl (C=O) groups excluding carboxylic acids is 1. The second-order valence-electron chi connectivity index (χ2n) is 9.40. The number of anilines is 3. The molecule has 1 aliphatic heterocycles. The number of pyridine rings is 2. The highest BCUT2D eigenvalue weighted by Gasteiger charge is 2.14. The Bertz CT molecular complexity index is 1210. The minimum absolute atomic E-state index is 0.196. The summed E-state index contributed by atoms with van der Waals surface area (Å²) in [7, 11) is 0. The van der Waals surface area contributed by atoms with E-state index < -0.39 is 0 Å². The van der Waals surface area contributed by atoms with Crippen LogP contribution < -0.4 is 21.1 Å². The van der Waals surface area contributed by atoms with E-state index >= 15 is 0 Å². The molecule has 2 aromatic heterocycles. The van der Waals surface area contributed by atoms with Crippen molar-refractivity contribution in [3.05, 3.63) is 70.6 Å². The molecule has 0 aliphatic carbocycles. The zero-order chi connectivity index (χ0) is 26.0. The van der Waals surface area contributed by atoms with Gasteiger partial charge < -0.3 is 25.4 Å². The summed E-state index contributed by atoms with van der Waals surface area (Å²) in [6, 6.07) is 15.0. The van der Waals surface area contributed by atoms with Gasteiger partial charge in [-0.1, -0.05) is 19.9 Å². The molecule has 37 heavy (non-hydrogen) atoms. The van der Waals surface area contributed by atoms with Crippen molar-refractivity contribution in [2.75, 3.05) is 54.8 Å². The number of rotatable bonds is 11. The van der Waals surface area contributed by atoms with Crippen molar-refractivity contribution in [2.24, 2.45) is 0 Å². The molecule has 8 heteroatoms. The van der Waals surface area contributed by atoms with Gasteiger partial charge in [0.1, 0.15) is 11.5 Å². The lowest BCUT2D eigenvalue weighted by Gasteiger charge is -2.28. The fraction of sp³-hybridized carbons (Fsp3) is 0.414. The molecule has 1 aromatic carbocycles. The molecule has 0 bridgehead atoms. The molecule has 8 nitrogen and oxygen atoms in total. The van der Waals surface area contributed by atoms with Gasteiger partial charge in [-0.15, -0.1) is 0 Å². The maximum atomic E-state index is 12.9. The Morgan fingerprint density at radius 1 is 1.05 bits per heavy atom. The highest BCUT2D eigenvalue weighted by atomic mass is 16.2. The van der Waals surface area contributed by atoms with Crippen LogP contribution in [0.1, 0.15) is 49.9 Å². The van der Waals surface area contributed by atoms with Crippen LogP contribution >= 0.6 is 0 Å². The summed E-state index contributed by atoms with van der Waals surface area (Å²) in [6.45, 7) is 10.4. The monoisotopic (exact) mass is 502 g/mol. The van der Waals surface area contributed by atoms with E-state index in [1.165, 1.54) is 19.3 Å². The highest BCUT2D eigenvalue weighted by Crippen LogP contribution is 2.22. The maximum Gasteiger partial charge on any atom is 0.271 e. The summed E-state index contributed by atoms with van der Waals surface area (Å²) in [6.07, 6.45) is 6.33. The van der Waals surface area contributed by atoms with Gasteiger partial charge in [0.25, 0.3) is 11.5 Å². The van der Waals surface area contributed by atoms with Crippen molar-refractivity contribution >= 4 is 23.1 Å². The zero-order valence-electron chi connectivity index (χ0n) is 21.9. The molecule has 3 N–H and O–H groups in total. The molecule has 3 aromatic rings. The third-order valence-electron chi connectivity index (χ3n) is 6.90. The second kappa shape index (κ2) is 13.1. The van der Waals surface area contributed by atoms with Crippen molar-refractivity contribution in [1.29, 1.82) is 0 Å². The second-order valence-corrected chi connectivity index (χ2v) is 9.40. The average Bonchev–Trinajstić information content (AvgIpc) is 2.95. The molecule has 0 unspecified atom stereocenters. The van der Waals surface area contributed by atoms with E-state index in [9.17, 15) is 9.59 Å². The smallest absolute Gasteiger partial charge is 0.271 e. The van der Waals surface area contributed by atoms with E-state index in [-0.39, 0.29) is 17.2 Å². The van der Waals surface area contributed by atoms with Crippen LogP contribution in [0.15, 0.2) is 59.5 Å². The summed E-state index contributed by atoms with van der Waals surface area (Å²) >= 11 is 0. The van der Waals surface area contributed by atoms with E-state index in [4.69, 9.17) is 4.98 Å². The van der Waals surface area contributed by atoms with Crippen LogP contribution in [-0.2, 0) is 0 Å². The highest BCUT2D eigenvalue weighted by molar-refractivity contribution is 6.04. The first-order chi connectivity index (χ1) is 18.1. The van der Waals surface area contributed by atoms with Crippen LogP contribution in [0.3, 0.4) is 0 Å². The van der Waals surface area contributed by atoms with E-state index in [2.05, 4.69) is 39.3 Å². The van der Waals surface area contributed by atoms with Gasteiger partial charge in [0.2, 0.25) is 0 Å². The molecule has 1 saturated heterocycles. The van der Waals surface area contributed by atoms with E-state index in [1.54, 1.807) is 12.3 Å². The lowest BCUT2D eigenvalue weighted by atomic mass is 10.1. The maximum absolute atomic E-state index is 12.9. The third-order valence-corrected chi connectivity index (χ3v) is 6.90. The number of hydrogen-bond acceptors (Lipinski definition) is 6. The Labute approximate surface area is 219 Å². The summed E-state index contributed by atoms with van der Waals surface area (Å²) < 4.78 is 0. The molecule has 4 rings (SSSR count). The lowest BCUT2D eigenvalue weighted by molar-refractivity contribution is 0.102. The van der Waals surface area contributed by atoms with Gasteiger partial charge in [0, 0.05) is 42.6 Å². The summed E-state index contributed by atoms with van der Waals surface area (Å²) in [5.74, 6) is 0.465. The van der Waals surface area contributed by atoms with Gasteiger partial charge in [0.05, 0.1) is 5.69 Å². The molecule has 0 saturated carbocycles. The molecular formula is C29H38N6O2. The van der Waals surface area contributed by atoms with Crippen LogP contribution in [0.4, 0.5) is 17.2 Å². The van der Waals surface area contributed by atoms with Crippen LogP contribution in [0, 0.1) is 0 Å². The number of hydrogen-bond donors (Lipinski definition) is 3. The number of nitrogens with zero attached hydrogens (tertiary/aromatic N) is 3. The minimum atomic E-state index is -0.354. The molecule has 1 amide bonds. The quantitative estimate of drug-likeness (QED) is 0.326. The Balaban J connectivity index is 1.40. The van der Waals surface area contributed by atoms with Gasteiger partial charge >= 0.3 is 0 Å². The number of aromatic nitrogens is 2. The molecule has 3 heterocycles. The normalized spacial score (nSPS) is 13.5. The number of H-pyrrole nitrogens is 1. The first-order valence-electron chi connectivity index (χ1n) is 13.4. The Morgan fingerprint density at radius 3 is 2.54 bits per heavy atom. The van der Waals surface area contributed by atoms with Crippen molar-refractivity contribution in [3.8, 4) is 11.3 Å². The van der Waals surface area contributed by atoms with Gasteiger partial charge in [0.15, 0.2) is 0 Å². The number of nitrogens with one attached hydrogen (secondary N) is 3. The van der Waals surface area contributed by atoms with Gasteiger partial charge in [-0.3, -0.25) is 9.59 Å². The predicted octanol–water partition coefficient (Wildman–Crippen LogP) is 4.82. The first-order valence-corrected chi connectivity index (χ1v) is 13.4. The van der Waals surface area contributed by atoms with Crippen molar-refractivity contribution in [2.45, 2.75) is 39.5 Å². The average molecular weight is 503 g/mol. The number of piperidine rings is 1. The van der Waals surface area contributed by atoms with Crippen LogP contribution in [-0.4, -0.2) is 60.0 Å². The predicted molar refractivity (Wildman–Crippen MR) is 152 cm³/mol. The van der Waals surface area contributed by atoms with Gasteiger partial charge in [-0.25, -0.2) is 4.98 Å². The molecule has 196 valence electrons. The molecule has 0 atom stereocenters. The Hall–Kier alpha value is -3.65. The fourth-order valence-corrected chi connectivity index (χ4v) is 4.65. The third kappa shape index (κ3) is 7.20. The van der Waals surface area contributed by atoms with E-state index in [1.807, 2.05) is 42.5 Å². The fourth-order valence-electron chi connectivity index (χ4n) is 4.65. The largest absolute Gasteiger partial charge is 0.372 e. The van der Waals surface area contributed by atoms with Crippen LogP contribution in [0.25, 0.3) is 11.3 Å². The standard InChI is InChI=1S/C29H38N6O2/c1-3-34(4-2)17-9-16-30-27-11-8-10-25(32-27)23-20-26(29(37)31-21-23)33-28(36)22-12-14-24(15-13-22)35-18-6-5-7-19-35/h8,10-15,20-21H,3-7,9,16-19H2,1-2H3,(H,30,32)(H,31,37)(H,33,36). The molecule has 0 radical (unpaired) electrons. The topological polar surface area (TPSA) is 93.4 Å². The molecular weight excluding hydrogens is 464 g/mol. The summed E-state index contributed by atoms with van der Waals surface area (Å²) in [5, 5.41) is 6.15. The Kier molecular flexibility index (Phi) is 9.32. The SMILES string of the molecule is CCN(CC)CCCNc1cccc(-c2c[nH]c(=O)c(NC(=O)c3ccc(N4CCCCC4)cc3)c2)n1. The number of amides is 1. The number of benzene rings is 1. The Morgan fingerprint density at radius 2 is 1.81 bits per heavy atom. The van der Waals surface area contributed by atoms with Crippen molar-refractivity contribution in [3.63, 3.8) is 0 Å². The van der Waals surface area contributed by atoms with Gasteiger partial charge in [-0.2, -0.15) is 0 Å². The number of carbonyl (C=O) groups is 1. The first kappa shape index (κ1) is 26.4. The molecule has 1 fully saturated rings. The number of aromatic amines is 1. The summed E-state index contributed by atoms with van der Waals surface area (Å²) in [4.78, 5) is 37.5. The van der Waals surface area contributed by atoms with Crippen molar-refractivity contribution < 1.29 is 4.79 Å². The molecule has 1 aliphatic rings. The van der Waals surface area contributed by atoms with E-state index in [0.717, 1.165) is 62.8 Å². The van der Waals surface area contributed by atoms with Gasteiger partial charge in [-0.05, 0) is 87.8 Å².